The summed E-state index contributed by atoms with van der Waals surface area (Å²) in [5.41, 5.74) is 0.993. The van der Waals surface area contributed by atoms with Crippen molar-refractivity contribution in [1.82, 2.24) is 4.98 Å². The summed E-state index contributed by atoms with van der Waals surface area (Å²) < 4.78 is 30.1. The number of aliphatic hydroxyl groups excluding tert-OH is 1. The summed E-state index contributed by atoms with van der Waals surface area (Å²) in [6, 6.07) is 6.63. The number of aryl methyl sites for hydroxylation is 2. The smallest absolute Gasteiger partial charge is 0.227 e. The molecule has 0 spiro atoms. The third kappa shape index (κ3) is 3.08. The fraction of sp³-hybridized carbons (Fsp3) is 0.357. The first-order valence-corrected chi connectivity index (χ1v) is 7.89. The van der Waals surface area contributed by atoms with Crippen molar-refractivity contribution in [2.24, 2.45) is 0 Å². The topological polar surface area (TPSA) is 80.4 Å². The van der Waals surface area contributed by atoms with Crippen LogP contribution in [0.5, 0.6) is 0 Å². The molecule has 2 rings (SSSR count). The van der Waals surface area contributed by atoms with Gasteiger partial charge in [-0.2, -0.15) is 0 Å². The minimum atomic E-state index is -3.65. The van der Waals surface area contributed by atoms with Gasteiger partial charge in [-0.1, -0.05) is 17.7 Å². The molecule has 1 aromatic carbocycles. The Hall–Kier alpha value is -1.66. The van der Waals surface area contributed by atoms with Gasteiger partial charge < -0.3 is 9.52 Å². The van der Waals surface area contributed by atoms with Crippen molar-refractivity contribution in [1.29, 1.82) is 0 Å². The predicted octanol–water partition coefficient (Wildman–Crippen LogP) is 2.13. The van der Waals surface area contributed by atoms with Crippen molar-refractivity contribution >= 4 is 9.84 Å². The number of hydrogen-bond donors (Lipinski definition) is 1. The van der Waals surface area contributed by atoms with E-state index in [-0.39, 0.29) is 16.5 Å². The molecular weight excluding hydrogens is 278 g/mol. The molecule has 0 bridgehead atoms. The van der Waals surface area contributed by atoms with Crippen LogP contribution in [0, 0.1) is 6.92 Å². The van der Waals surface area contributed by atoms with Crippen LogP contribution < -0.4 is 0 Å². The van der Waals surface area contributed by atoms with Gasteiger partial charge in [0, 0.05) is 13.0 Å². The van der Waals surface area contributed by atoms with E-state index in [4.69, 9.17) is 9.52 Å². The van der Waals surface area contributed by atoms with Gasteiger partial charge in [-0.3, -0.25) is 0 Å². The Kier molecular flexibility index (Phi) is 4.57. The number of rotatable bonds is 6. The van der Waals surface area contributed by atoms with E-state index in [0.29, 0.717) is 25.0 Å². The molecule has 1 N–H and O–H groups in total. The van der Waals surface area contributed by atoms with E-state index in [1.54, 1.807) is 24.3 Å². The van der Waals surface area contributed by atoms with Crippen molar-refractivity contribution in [3.63, 3.8) is 0 Å². The number of benzene rings is 1. The molecule has 0 radical (unpaired) electrons. The Morgan fingerprint density at radius 2 is 1.90 bits per heavy atom. The van der Waals surface area contributed by atoms with E-state index < -0.39 is 9.84 Å². The van der Waals surface area contributed by atoms with Gasteiger partial charge in [0.15, 0.2) is 6.39 Å². The van der Waals surface area contributed by atoms with Gasteiger partial charge >= 0.3 is 0 Å². The van der Waals surface area contributed by atoms with Gasteiger partial charge in [0.1, 0.15) is 5.76 Å². The first-order valence-electron chi connectivity index (χ1n) is 6.40. The van der Waals surface area contributed by atoms with Crippen LogP contribution in [0.15, 0.2) is 45.0 Å². The van der Waals surface area contributed by atoms with Gasteiger partial charge in [-0.25, -0.2) is 13.4 Å². The largest absolute Gasteiger partial charge is 0.447 e. The van der Waals surface area contributed by atoms with E-state index in [9.17, 15) is 8.42 Å². The van der Waals surface area contributed by atoms with E-state index >= 15 is 0 Å². The van der Waals surface area contributed by atoms with Crippen LogP contribution in [-0.4, -0.2) is 25.1 Å². The lowest BCUT2D eigenvalue weighted by atomic mass is 10.2. The molecular formula is C14H17NO4S. The van der Waals surface area contributed by atoms with E-state index in [1.165, 1.54) is 0 Å². The molecule has 2 aromatic rings. The van der Waals surface area contributed by atoms with Crippen LogP contribution >= 0.6 is 0 Å². The Labute approximate surface area is 118 Å². The molecule has 20 heavy (non-hydrogen) atoms. The highest BCUT2D eigenvalue weighted by Crippen LogP contribution is 2.24. The monoisotopic (exact) mass is 295 g/mol. The highest BCUT2D eigenvalue weighted by atomic mass is 32.2. The van der Waals surface area contributed by atoms with E-state index in [2.05, 4.69) is 4.98 Å². The quantitative estimate of drug-likeness (QED) is 0.826. The second kappa shape index (κ2) is 6.19. The highest BCUT2D eigenvalue weighted by Gasteiger charge is 2.25. The Morgan fingerprint density at radius 1 is 1.20 bits per heavy atom. The number of hydrogen-bond acceptors (Lipinski definition) is 5. The summed E-state index contributed by atoms with van der Waals surface area (Å²) in [5, 5.41) is 8.74. The maximum atomic E-state index is 12.5. The zero-order valence-corrected chi connectivity index (χ0v) is 12.1. The summed E-state index contributed by atoms with van der Waals surface area (Å²) in [7, 11) is -3.65. The maximum absolute atomic E-state index is 12.5. The van der Waals surface area contributed by atoms with E-state index in [0.717, 1.165) is 12.0 Å². The summed E-state index contributed by atoms with van der Waals surface area (Å²) in [6.07, 6.45) is 2.85. The molecule has 1 heterocycles. The first kappa shape index (κ1) is 14.7. The second-order valence-corrected chi connectivity index (χ2v) is 6.44. The van der Waals surface area contributed by atoms with Crippen molar-refractivity contribution in [3.05, 3.63) is 42.0 Å². The van der Waals surface area contributed by atoms with Crippen LogP contribution in [0.25, 0.3) is 0 Å². The molecule has 0 aliphatic heterocycles. The zero-order chi connectivity index (χ0) is 14.6. The molecule has 5 nitrogen and oxygen atoms in total. The Morgan fingerprint density at radius 3 is 2.55 bits per heavy atom. The number of oxazole rings is 1. The zero-order valence-electron chi connectivity index (χ0n) is 11.2. The maximum Gasteiger partial charge on any atom is 0.227 e. The molecule has 0 aliphatic rings. The van der Waals surface area contributed by atoms with Gasteiger partial charge in [0.2, 0.25) is 14.9 Å². The van der Waals surface area contributed by atoms with Crippen LogP contribution in [0.2, 0.25) is 0 Å². The molecule has 0 amide bonds. The lowest BCUT2D eigenvalue weighted by molar-refractivity contribution is 0.283. The normalized spacial score (nSPS) is 11.7. The van der Waals surface area contributed by atoms with Crippen molar-refractivity contribution in [2.75, 3.05) is 6.61 Å². The van der Waals surface area contributed by atoms with Gasteiger partial charge in [-0.05, 0) is 31.9 Å². The molecule has 0 atom stereocenters. The molecule has 108 valence electrons. The van der Waals surface area contributed by atoms with Crippen LogP contribution in [-0.2, 0) is 16.3 Å². The third-order valence-electron chi connectivity index (χ3n) is 3.00. The number of aliphatic hydroxyl groups is 1. The molecule has 1 aromatic heterocycles. The molecule has 0 fully saturated rings. The molecule has 0 saturated heterocycles. The lowest BCUT2D eigenvalue weighted by Gasteiger charge is -2.04. The number of sulfone groups is 1. The standard InChI is InChI=1S/C14H17NO4S/c1-11-5-7-12(8-6-11)20(17,18)14-13(19-10-15-14)4-2-3-9-16/h5-8,10,16H,2-4,9H2,1H3. The SMILES string of the molecule is Cc1ccc(S(=O)(=O)c2ncoc2CCCCO)cc1. The Bertz CT molecular complexity index is 659. The van der Waals surface area contributed by atoms with Crippen LogP contribution in [0.3, 0.4) is 0 Å². The van der Waals surface area contributed by atoms with Crippen molar-refractivity contribution in [3.8, 4) is 0 Å². The number of aromatic nitrogens is 1. The fourth-order valence-electron chi connectivity index (χ4n) is 1.87. The first-order chi connectivity index (χ1) is 9.55. The van der Waals surface area contributed by atoms with Gasteiger partial charge in [0.05, 0.1) is 4.90 Å². The van der Waals surface area contributed by atoms with Crippen LogP contribution in [0.1, 0.15) is 24.2 Å². The van der Waals surface area contributed by atoms with Crippen molar-refractivity contribution in [2.45, 2.75) is 36.1 Å². The fourth-order valence-corrected chi connectivity index (χ4v) is 3.22. The average molecular weight is 295 g/mol. The summed E-state index contributed by atoms with van der Waals surface area (Å²) >= 11 is 0. The predicted molar refractivity (Wildman–Crippen MR) is 73.2 cm³/mol. The van der Waals surface area contributed by atoms with Crippen molar-refractivity contribution < 1.29 is 17.9 Å². The number of nitrogens with zero attached hydrogens (tertiary/aromatic N) is 1. The average Bonchev–Trinajstić information content (AvgIpc) is 2.89. The molecule has 0 saturated carbocycles. The van der Waals surface area contributed by atoms with Crippen LogP contribution in [0.4, 0.5) is 0 Å². The molecule has 0 aliphatic carbocycles. The highest BCUT2D eigenvalue weighted by molar-refractivity contribution is 7.91. The second-order valence-electron chi connectivity index (χ2n) is 4.58. The lowest BCUT2D eigenvalue weighted by Crippen LogP contribution is -2.05. The molecule has 0 unspecified atom stereocenters. The summed E-state index contributed by atoms with van der Waals surface area (Å²) in [5.74, 6) is 0.346. The summed E-state index contributed by atoms with van der Waals surface area (Å²) in [4.78, 5) is 4.06. The molecule has 6 heteroatoms. The minimum absolute atomic E-state index is 0.0284. The van der Waals surface area contributed by atoms with E-state index in [1.807, 2.05) is 6.92 Å². The van der Waals surface area contributed by atoms with Gasteiger partial charge in [0.25, 0.3) is 0 Å². The Balaban J connectivity index is 2.30. The number of unbranched alkanes of at least 4 members (excludes halogenated alkanes) is 1. The third-order valence-corrected chi connectivity index (χ3v) is 4.74. The summed E-state index contributed by atoms with van der Waals surface area (Å²) in [6.45, 7) is 1.97. The van der Waals surface area contributed by atoms with Gasteiger partial charge in [-0.15, -0.1) is 0 Å². The minimum Gasteiger partial charge on any atom is -0.447 e.